The summed E-state index contributed by atoms with van der Waals surface area (Å²) in [5.74, 6) is 0. The van der Waals surface area contributed by atoms with Crippen LogP contribution in [0.1, 0.15) is 16.7 Å². The van der Waals surface area contributed by atoms with E-state index in [9.17, 15) is 5.26 Å². The summed E-state index contributed by atoms with van der Waals surface area (Å²) in [6, 6.07) is 40.2. The summed E-state index contributed by atoms with van der Waals surface area (Å²) in [6.45, 7) is 4.40. The van der Waals surface area contributed by atoms with Crippen molar-refractivity contribution in [1.29, 1.82) is 5.26 Å². The molecule has 9 rings (SSSR count). The topological polar surface area (TPSA) is 23.8 Å². The maximum absolute atomic E-state index is 9.55. The Kier molecular flexibility index (Phi) is 4.05. The van der Waals surface area contributed by atoms with Gasteiger partial charge in [-0.05, 0) is 136 Å². The van der Waals surface area contributed by atoms with Gasteiger partial charge in [-0.1, -0.05) is 78.9 Å². The van der Waals surface area contributed by atoms with Crippen molar-refractivity contribution in [2.75, 3.05) is 0 Å². The molecule has 0 aliphatic rings. The molecule has 1 heteroatoms. The Labute approximate surface area is 231 Å². The first kappa shape index (κ1) is 21.7. The van der Waals surface area contributed by atoms with Gasteiger partial charge in [0, 0.05) is 0 Å². The summed E-state index contributed by atoms with van der Waals surface area (Å²) in [5.41, 5.74) is 5.64. The quantitative estimate of drug-likeness (QED) is 0.204. The average molecular weight is 506 g/mol. The molecular formula is C39H23N. The smallest absolute Gasteiger partial charge is 0.0991 e. The largest absolute Gasteiger partial charge is 0.192 e. The first-order chi connectivity index (χ1) is 19.6. The molecule has 0 aliphatic heterocycles. The molecular weight excluding hydrogens is 482 g/mol. The molecule has 0 atom stereocenters. The van der Waals surface area contributed by atoms with Gasteiger partial charge in [0.2, 0.25) is 0 Å². The number of hydrogen-bond acceptors (Lipinski definition) is 1. The van der Waals surface area contributed by atoms with Gasteiger partial charge in [0.05, 0.1) is 11.6 Å². The summed E-state index contributed by atoms with van der Waals surface area (Å²) >= 11 is 0. The van der Waals surface area contributed by atoms with Crippen LogP contribution in [0.25, 0.3) is 86.5 Å². The van der Waals surface area contributed by atoms with Crippen LogP contribution in [0.5, 0.6) is 0 Å². The number of benzene rings is 7. The second-order valence-corrected chi connectivity index (χ2v) is 11.4. The molecule has 0 fully saturated rings. The molecule has 0 aliphatic carbocycles. The van der Waals surface area contributed by atoms with Crippen LogP contribution in [0, 0.1) is 25.2 Å². The molecule has 0 N–H and O–H groups in total. The zero-order valence-corrected chi connectivity index (χ0v) is 22.3. The van der Waals surface area contributed by atoms with Gasteiger partial charge in [-0.2, -0.15) is 5.26 Å². The lowest BCUT2D eigenvalue weighted by Gasteiger charge is -2.14. The predicted molar refractivity (Wildman–Crippen MR) is 171 cm³/mol. The zero-order valence-electron chi connectivity index (χ0n) is 22.3. The Morgan fingerprint density at radius 3 is 1.75 bits per heavy atom. The van der Waals surface area contributed by atoms with Gasteiger partial charge in [-0.3, -0.25) is 0 Å². The van der Waals surface area contributed by atoms with Crippen LogP contribution >= 0.6 is 0 Å². The highest BCUT2D eigenvalue weighted by Crippen LogP contribution is 2.50. The van der Waals surface area contributed by atoms with E-state index in [4.69, 9.17) is 0 Å². The third-order valence-electron chi connectivity index (χ3n) is 8.97. The first-order valence-electron chi connectivity index (χ1n) is 13.8. The van der Waals surface area contributed by atoms with E-state index in [1.807, 2.05) is 12.1 Å². The van der Waals surface area contributed by atoms with Crippen LogP contribution in [0.4, 0.5) is 0 Å². The number of nitriles is 1. The van der Waals surface area contributed by atoms with Crippen molar-refractivity contribution in [2.24, 2.45) is 0 Å². The standard InChI is InChI=1S/C39H23N/c1-21-14-25-15-22(2)17-34-35(25)31(16-21)33-19-26-18-32-28-7-4-3-6-27(28)29-8-5-9-30(38(29)32)36(26)37(39(33)34)24-12-10-23(20-40)11-13-24/h3-19H,1-2H3. The van der Waals surface area contributed by atoms with Crippen LogP contribution in [-0.2, 0) is 0 Å². The van der Waals surface area contributed by atoms with Gasteiger partial charge in [0.25, 0.3) is 0 Å². The van der Waals surface area contributed by atoms with Crippen LogP contribution in [0.3, 0.4) is 0 Å². The third kappa shape index (κ3) is 2.66. The maximum Gasteiger partial charge on any atom is 0.0991 e. The summed E-state index contributed by atoms with van der Waals surface area (Å²) < 4.78 is 0. The van der Waals surface area contributed by atoms with Crippen molar-refractivity contribution in [3.63, 3.8) is 0 Å². The normalized spacial score (nSPS) is 12.2. The fraction of sp³-hybridized carbons (Fsp3) is 0.0513. The number of rotatable bonds is 1. The Balaban J connectivity index is 1.62. The van der Waals surface area contributed by atoms with Crippen molar-refractivity contribution < 1.29 is 0 Å². The van der Waals surface area contributed by atoms with Gasteiger partial charge in [-0.25, -0.2) is 0 Å². The van der Waals surface area contributed by atoms with E-state index in [1.54, 1.807) is 0 Å². The average Bonchev–Trinajstić information content (AvgIpc) is 3.46. The molecule has 1 nitrogen and oxygen atoms in total. The Morgan fingerprint density at radius 1 is 0.450 bits per heavy atom. The number of fused-ring (bicyclic) bond motifs is 8. The molecule has 184 valence electrons. The van der Waals surface area contributed by atoms with Gasteiger partial charge in [0.15, 0.2) is 0 Å². The molecule has 0 aromatic heterocycles. The van der Waals surface area contributed by atoms with Crippen LogP contribution in [0.2, 0.25) is 0 Å². The number of aryl methyl sites for hydroxylation is 2. The van der Waals surface area contributed by atoms with E-state index in [-0.39, 0.29) is 0 Å². The second-order valence-electron chi connectivity index (χ2n) is 11.4. The van der Waals surface area contributed by atoms with Gasteiger partial charge < -0.3 is 0 Å². The molecule has 0 radical (unpaired) electrons. The summed E-state index contributed by atoms with van der Waals surface area (Å²) in [6.07, 6.45) is 0. The molecule has 9 aromatic rings. The van der Waals surface area contributed by atoms with E-state index >= 15 is 0 Å². The maximum atomic E-state index is 9.55. The summed E-state index contributed by atoms with van der Waals surface area (Å²) in [7, 11) is 0. The van der Waals surface area contributed by atoms with E-state index in [2.05, 4.69) is 111 Å². The number of hydrogen-bond donors (Lipinski definition) is 0. The number of nitrogens with zero attached hydrogens (tertiary/aromatic N) is 1. The van der Waals surface area contributed by atoms with Crippen LogP contribution in [0.15, 0.2) is 103 Å². The molecule has 0 saturated heterocycles. The van der Waals surface area contributed by atoms with Crippen molar-refractivity contribution in [3.05, 3.63) is 120 Å². The highest BCUT2D eigenvalue weighted by Gasteiger charge is 2.22. The second kappa shape index (κ2) is 7.47. The van der Waals surface area contributed by atoms with Gasteiger partial charge in [0.1, 0.15) is 0 Å². The molecule has 9 aromatic carbocycles. The molecule has 40 heavy (non-hydrogen) atoms. The minimum absolute atomic E-state index is 0.681. The van der Waals surface area contributed by atoms with Crippen molar-refractivity contribution >= 4 is 75.4 Å². The minimum Gasteiger partial charge on any atom is -0.192 e. The lowest BCUT2D eigenvalue weighted by molar-refractivity contribution is 1.49. The monoisotopic (exact) mass is 505 g/mol. The zero-order chi connectivity index (χ0) is 26.7. The van der Waals surface area contributed by atoms with E-state index in [1.165, 1.54) is 92.1 Å². The fourth-order valence-electron chi connectivity index (χ4n) is 7.49. The highest BCUT2D eigenvalue weighted by atomic mass is 14.3. The van der Waals surface area contributed by atoms with Crippen LogP contribution < -0.4 is 0 Å². The highest BCUT2D eigenvalue weighted by molar-refractivity contribution is 6.41. The van der Waals surface area contributed by atoms with Gasteiger partial charge in [-0.15, -0.1) is 0 Å². The summed E-state index contributed by atoms with van der Waals surface area (Å²) in [4.78, 5) is 0. The van der Waals surface area contributed by atoms with Crippen molar-refractivity contribution in [3.8, 4) is 17.2 Å². The molecule has 0 unspecified atom stereocenters. The fourth-order valence-corrected chi connectivity index (χ4v) is 7.49. The Morgan fingerprint density at radius 2 is 1.02 bits per heavy atom. The van der Waals surface area contributed by atoms with Crippen molar-refractivity contribution in [2.45, 2.75) is 13.8 Å². The van der Waals surface area contributed by atoms with E-state index in [0.29, 0.717) is 5.56 Å². The lowest BCUT2D eigenvalue weighted by Crippen LogP contribution is -1.87. The summed E-state index contributed by atoms with van der Waals surface area (Å²) in [5, 5.41) is 27.9. The third-order valence-corrected chi connectivity index (χ3v) is 8.97. The first-order valence-corrected chi connectivity index (χ1v) is 13.8. The molecule has 0 amide bonds. The van der Waals surface area contributed by atoms with Crippen molar-refractivity contribution in [1.82, 2.24) is 0 Å². The van der Waals surface area contributed by atoms with Crippen LogP contribution in [-0.4, -0.2) is 0 Å². The molecule has 0 saturated carbocycles. The molecule has 0 bridgehead atoms. The molecule has 0 heterocycles. The van der Waals surface area contributed by atoms with E-state index < -0.39 is 0 Å². The minimum atomic E-state index is 0.681. The van der Waals surface area contributed by atoms with Gasteiger partial charge >= 0.3 is 0 Å². The van der Waals surface area contributed by atoms with E-state index in [0.717, 1.165) is 5.56 Å². The predicted octanol–water partition coefficient (Wildman–Crippen LogP) is 10.8. The Bertz CT molecular complexity index is 2540. The SMILES string of the molecule is Cc1cc2cc(C)cc3c4c(-c5ccc(C#N)cc5)c5c(cc4c(c1)c23)cc1c2ccccc2c2cccc5c21. The Hall–Kier alpha value is -5.19. The lowest BCUT2D eigenvalue weighted by atomic mass is 9.88. The molecule has 0 spiro atoms.